The SMILES string of the molecule is COc1ccc(-n2c(-c3ccc(OC(F)(F)F)cc3)nc3ccccc32)cc1. The Bertz CT molecular complexity index is 1100. The molecule has 0 N–H and O–H groups in total. The summed E-state index contributed by atoms with van der Waals surface area (Å²) in [6, 6.07) is 20.8. The predicted octanol–water partition coefficient (Wildman–Crippen LogP) is 5.60. The largest absolute Gasteiger partial charge is 0.573 e. The maximum absolute atomic E-state index is 12.4. The molecule has 0 saturated heterocycles. The van der Waals surface area contributed by atoms with Gasteiger partial charge in [0.1, 0.15) is 17.3 Å². The van der Waals surface area contributed by atoms with E-state index >= 15 is 0 Å². The molecule has 3 aromatic carbocycles. The Morgan fingerprint density at radius 2 is 1.46 bits per heavy atom. The van der Waals surface area contributed by atoms with Crippen LogP contribution in [0.15, 0.2) is 72.8 Å². The van der Waals surface area contributed by atoms with E-state index in [9.17, 15) is 13.2 Å². The molecule has 142 valence electrons. The molecule has 0 spiro atoms. The highest BCUT2D eigenvalue weighted by Gasteiger charge is 2.31. The second kappa shape index (κ2) is 6.92. The van der Waals surface area contributed by atoms with Crippen molar-refractivity contribution in [3.05, 3.63) is 72.8 Å². The maximum atomic E-state index is 12.4. The minimum absolute atomic E-state index is 0.275. The van der Waals surface area contributed by atoms with Crippen molar-refractivity contribution in [1.82, 2.24) is 9.55 Å². The van der Waals surface area contributed by atoms with E-state index in [1.165, 1.54) is 12.1 Å². The summed E-state index contributed by atoms with van der Waals surface area (Å²) < 4.78 is 48.3. The Balaban J connectivity index is 1.82. The maximum Gasteiger partial charge on any atom is 0.573 e. The molecule has 0 unspecified atom stereocenters. The number of rotatable bonds is 4. The molecule has 0 aliphatic heterocycles. The number of aromatic nitrogens is 2. The lowest BCUT2D eigenvalue weighted by atomic mass is 10.2. The lowest BCUT2D eigenvalue weighted by molar-refractivity contribution is -0.274. The van der Waals surface area contributed by atoms with Crippen LogP contribution in [0.1, 0.15) is 0 Å². The number of para-hydroxylation sites is 2. The van der Waals surface area contributed by atoms with Crippen LogP contribution in [0.2, 0.25) is 0 Å². The van der Waals surface area contributed by atoms with Crippen molar-refractivity contribution in [2.75, 3.05) is 7.11 Å². The summed E-state index contributed by atoms with van der Waals surface area (Å²) >= 11 is 0. The van der Waals surface area contributed by atoms with Crippen LogP contribution in [0.5, 0.6) is 11.5 Å². The van der Waals surface area contributed by atoms with E-state index in [4.69, 9.17) is 4.74 Å². The summed E-state index contributed by atoms with van der Waals surface area (Å²) in [6.07, 6.45) is -4.72. The second-order valence-corrected chi connectivity index (χ2v) is 6.03. The molecule has 0 amide bonds. The van der Waals surface area contributed by atoms with E-state index in [0.717, 1.165) is 22.5 Å². The summed E-state index contributed by atoms with van der Waals surface area (Å²) in [6.45, 7) is 0. The highest BCUT2D eigenvalue weighted by atomic mass is 19.4. The Kier molecular flexibility index (Phi) is 4.43. The number of methoxy groups -OCH3 is 1. The fraction of sp³-hybridized carbons (Fsp3) is 0.0952. The van der Waals surface area contributed by atoms with Gasteiger partial charge in [-0.1, -0.05) is 12.1 Å². The van der Waals surface area contributed by atoms with Gasteiger partial charge in [-0.15, -0.1) is 13.2 Å². The lowest BCUT2D eigenvalue weighted by Crippen LogP contribution is -2.16. The monoisotopic (exact) mass is 384 g/mol. The summed E-state index contributed by atoms with van der Waals surface area (Å²) in [4.78, 5) is 4.67. The number of hydrogen-bond acceptors (Lipinski definition) is 3. The quantitative estimate of drug-likeness (QED) is 0.460. The molecule has 0 radical (unpaired) electrons. The Hall–Kier alpha value is -3.48. The minimum Gasteiger partial charge on any atom is -0.497 e. The van der Waals surface area contributed by atoms with Crippen LogP contribution in [0, 0.1) is 0 Å². The number of hydrogen-bond donors (Lipinski definition) is 0. The fourth-order valence-electron chi connectivity index (χ4n) is 3.02. The summed E-state index contributed by atoms with van der Waals surface area (Å²) in [5.74, 6) is 1.07. The topological polar surface area (TPSA) is 36.3 Å². The highest BCUT2D eigenvalue weighted by molar-refractivity contribution is 5.83. The molecule has 1 heterocycles. The van der Waals surface area contributed by atoms with Gasteiger partial charge >= 0.3 is 6.36 Å². The van der Waals surface area contributed by atoms with Crippen LogP contribution in [0.25, 0.3) is 28.1 Å². The van der Waals surface area contributed by atoms with Crippen LogP contribution in [-0.4, -0.2) is 23.0 Å². The normalized spacial score (nSPS) is 11.6. The lowest BCUT2D eigenvalue weighted by Gasteiger charge is -2.12. The molecule has 0 aliphatic rings. The molecule has 28 heavy (non-hydrogen) atoms. The molecule has 0 saturated carbocycles. The molecule has 0 fully saturated rings. The molecule has 0 atom stereocenters. The third-order valence-corrected chi connectivity index (χ3v) is 4.24. The number of nitrogens with zero attached hydrogens (tertiary/aromatic N) is 2. The average Bonchev–Trinajstić information content (AvgIpc) is 3.07. The molecule has 7 heteroatoms. The standard InChI is InChI=1S/C21H15F3N2O2/c1-27-16-12-8-15(9-13-16)26-19-5-3-2-4-18(19)25-20(26)14-6-10-17(11-7-14)28-21(22,23)24/h2-13H,1H3. The first-order valence-electron chi connectivity index (χ1n) is 8.43. The fourth-order valence-corrected chi connectivity index (χ4v) is 3.02. The summed E-state index contributed by atoms with van der Waals surface area (Å²) in [5.41, 5.74) is 3.20. The second-order valence-electron chi connectivity index (χ2n) is 6.03. The zero-order chi connectivity index (χ0) is 19.7. The first-order chi connectivity index (χ1) is 13.4. The van der Waals surface area contributed by atoms with E-state index in [1.54, 1.807) is 19.2 Å². The Labute approximate surface area is 158 Å². The first kappa shape index (κ1) is 17.9. The molecule has 0 aliphatic carbocycles. The van der Waals surface area contributed by atoms with Crippen molar-refractivity contribution in [2.24, 2.45) is 0 Å². The molecular formula is C21H15F3N2O2. The smallest absolute Gasteiger partial charge is 0.497 e. The van der Waals surface area contributed by atoms with Crippen LogP contribution in [0.3, 0.4) is 0 Å². The van der Waals surface area contributed by atoms with Gasteiger partial charge in [0.2, 0.25) is 0 Å². The average molecular weight is 384 g/mol. The number of alkyl halides is 3. The van der Waals surface area contributed by atoms with Gasteiger partial charge in [-0.2, -0.15) is 0 Å². The number of imidazole rings is 1. The van der Waals surface area contributed by atoms with Gasteiger partial charge in [-0.05, 0) is 60.7 Å². The van der Waals surface area contributed by atoms with Crippen LogP contribution in [0.4, 0.5) is 13.2 Å². The van der Waals surface area contributed by atoms with Crippen LogP contribution in [-0.2, 0) is 0 Å². The van der Waals surface area contributed by atoms with Crippen molar-refractivity contribution < 1.29 is 22.6 Å². The highest BCUT2D eigenvalue weighted by Crippen LogP contribution is 2.31. The van der Waals surface area contributed by atoms with Gasteiger partial charge in [0.15, 0.2) is 0 Å². The number of halogens is 3. The van der Waals surface area contributed by atoms with Crippen molar-refractivity contribution in [3.8, 4) is 28.6 Å². The number of ether oxygens (including phenoxy) is 2. The van der Waals surface area contributed by atoms with Crippen molar-refractivity contribution in [1.29, 1.82) is 0 Å². The molecule has 1 aromatic heterocycles. The van der Waals surface area contributed by atoms with E-state index < -0.39 is 6.36 Å². The Morgan fingerprint density at radius 1 is 0.821 bits per heavy atom. The molecule has 4 aromatic rings. The predicted molar refractivity (Wildman–Crippen MR) is 99.7 cm³/mol. The summed E-state index contributed by atoms with van der Waals surface area (Å²) in [5, 5.41) is 0. The number of benzene rings is 3. The van der Waals surface area contributed by atoms with E-state index in [1.807, 2.05) is 53.1 Å². The van der Waals surface area contributed by atoms with E-state index in [0.29, 0.717) is 11.4 Å². The van der Waals surface area contributed by atoms with Crippen LogP contribution >= 0.6 is 0 Å². The zero-order valence-electron chi connectivity index (χ0n) is 14.8. The van der Waals surface area contributed by atoms with Gasteiger partial charge in [0.05, 0.1) is 18.1 Å². The van der Waals surface area contributed by atoms with E-state index in [2.05, 4.69) is 9.72 Å². The van der Waals surface area contributed by atoms with Crippen molar-refractivity contribution >= 4 is 11.0 Å². The first-order valence-corrected chi connectivity index (χ1v) is 8.43. The molecule has 0 bridgehead atoms. The van der Waals surface area contributed by atoms with E-state index in [-0.39, 0.29) is 5.75 Å². The third-order valence-electron chi connectivity index (χ3n) is 4.24. The van der Waals surface area contributed by atoms with Gasteiger partial charge in [0.25, 0.3) is 0 Å². The van der Waals surface area contributed by atoms with Gasteiger partial charge in [-0.3, -0.25) is 4.57 Å². The molecule has 4 rings (SSSR count). The van der Waals surface area contributed by atoms with Gasteiger partial charge < -0.3 is 9.47 Å². The Morgan fingerprint density at radius 3 is 2.11 bits per heavy atom. The number of fused-ring (bicyclic) bond motifs is 1. The van der Waals surface area contributed by atoms with Gasteiger partial charge in [-0.25, -0.2) is 4.98 Å². The van der Waals surface area contributed by atoms with Crippen LogP contribution < -0.4 is 9.47 Å². The molecule has 4 nitrogen and oxygen atoms in total. The molecular weight excluding hydrogens is 369 g/mol. The third kappa shape index (κ3) is 3.51. The minimum atomic E-state index is -4.72. The summed E-state index contributed by atoms with van der Waals surface area (Å²) in [7, 11) is 1.59. The zero-order valence-corrected chi connectivity index (χ0v) is 14.8. The van der Waals surface area contributed by atoms with Crippen molar-refractivity contribution in [2.45, 2.75) is 6.36 Å². The van der Waals surface area contributed by atoms with Gasteiger partial charge in [0, 0.05) is 11.3 Å². The van der Waals surface area contributed by atoms with Crippen molar-refractivity contribution in [3.63, 3.8) is 0 Å².